The third kappa shape index (κ3) is 2.69. The zero-order chi connectivity index (χ0) is 17.4. The molecule has 0 radical (unpaired) electrons. The number of phenols is 1. The Labute approximate surface area is 143 Å². The number of nitrogens with zero attached hydrogens (tertiary/aromatic N) is 3. The lowest BCUT2D eigenvalue weighted by molar-refractivity contribution is -0.116. The highest BCUT2D eigenvalue weighted by molar-refractivity contribution is 5.96. The van der Waals surface area contributed by atoms with Gasteiger partial charge in [0, 0.05) is 24.1 Å². The number of carbonyl (C=O) groups excluding carboxylic acids is 1. The fourth-order valence-electron chi connectivity index (χ4n) is 3.14. The average Bonchev–Trinajstić information content (AvgIpc) is 3.16. The van der Waals surface area contributed by atoms with Gasteiger partial charge < -0.3 is 15.2 Å². The maximum absolute atomic E-state index is 12.1. The lowest BCUT2D eigenvalue weighted by Gasteiger charge is -2.27. The largest absolute Gasteiger partial charge is 0.504 e. The highest BCUT2D eigenvalue weighted by Gasteiger charge is 2.28. The SMILES string of the molecule is COc1cc2c(cc1O)C(c1ccc(-n3cncn3)cc1)CC(=O)N2. The molecule has 1 aliphatic rings. The molecule has 0 fully saturated rings. The van der Waals surface area contributed by atoms with Crippen LogP contribution in [-0.4, -0.2) is 32.9 Å². The second-order valence-electron chi connectivity index (χ2n) is 5.85. The fourth-order valence-corrected chi connectivity index (χ4v) is 3.14. The number of ether oxygens (including phenoxy) is 1. The summed E-state index contributed by atoms with van der Waals surface area (Å²) in [5.74, 6) is 0.193. The van der Waals surface area contributed by atoms with Crippen LogP contribution < -0.4 is 10.1 Å². The van der Waals surface area contributed by atoms with E-state index in [4.69, 9.17) is 4.74 Å². The summed E-state index contributed by atoms with van der Waals surface area (Å²) in [6.07, 6.45) is 3.43. The summed E-state index contributed by atoms with van der Waals surface area (Å²) >= 11 is 0. The second-order valence-corrected chi connectivity index (χ2v) is 5.85. The third-order valence-corrected chi connectivity index (χ3v) is 4.37. The van der Waals surface area contributed by atoms with Crippen LogP contribution in [0.2, 0.25) is 0 Å². The van der Waals surface area contributed by atoms with Crippen molar-refractivity contribution in [3.05, 3.63) is 60.2 Å². The predicted molar refractivity (Wildman–Crippen MR) is 91.1 cm³/mol. The number of fused-ring (bicyclic) bond motifs is 1. The molecule has 1 aromatic heterocycles. The number of anilines is 1. The Morgan fingerprint density at radius 2 is 2.08 bits per heavy atom. The Hall–Kier alpha value is -3.35. The molecule has 2 heterocycles. The standard InChI is InChI=1S/C18H16N4O3/c1-25-17-8-15-14(6-16(17)23)13(7-18(24)21-15)11-2-4-12(5-3-11)22-10-19-9-20-22/h2-6,8-10,13,23H,7H2,1H3,(H,21,24). The van der Waals surface area contributed by atoms with Crippen LogP contribution in [0.15, 0.2) is 49.1 Å². The molecule has 0 saturated carbocycles. The van der Waals surface area contributed by atoms with Crippen molar-refractivity contribution >= 4 is 11.6 Å². The molecule has 2 N–H and O–H groups in total. The maximum Gasteiger partial charge on any atom is 0.225 e. The van der Waals surface area contributed by atoms with Crippen molar-refractivity contribution in [2.45, 2.75) is 12.3 Å². The van der Waals surface area contributed by atoms with E-state index in [1.807, 2.05) is 24.3 Å². The van der Waals surface area contributed by atoms with Crippen LogP contribution in [0, 0.1) is 0 Å². The number of nitrogens with one attached hydrogen (secondary N) is 1. The van der Waals surface area contributed by atoms with E-state index in [2.05, 4.69) is 15.4 Å². The van der Waals surface area contributed by atoms with Gasteiger partial charge in [0.15, 0.2) is 11.5 Å². The zero-order valence-corrected chi connectivity index (χ0v) is 13.5. The van der Waals surface area contributed by atoms with E-state index in [0.717, 1.165) is 16.8 Å². The molecule has 4 rings (SSSR count). The highest BCUT2D eigenvalue weighted by atomic mass is 16.5. The highest BCUT2D eigenvalue weighted by Crippen LogP contribution is 2.42. The van der Waals surface area contributed by atoms with E-state index >= 15 is 0 Å². The predicted octanol–water partition coefficient (Wildman–Crippen LogP) is 2.46. The molecule has 0 bridgehead atoms. The van der Waals surface area contributed by atoms with E-state index in [-0.39, 0.29) is 17.6 Å². The fraction of sp³-hybridized carbons (Fsp3) is 0.167. The topological polar surface area (TPSA) is 89.3 Å². The van der Waals surface area contributed by atoms with Crippen LogP contribution in [0.1, 0.15) is 23.5 Å². The molecule has 0 spiro atoms. The number of phenolic OH excluding ortho intramolecular Hbond substituents is 1. The second kappa shape index (κ2) is 5.94. The molecule has 1 aliphatic heterocycles. The number of aromatic nitrogens is 3. The number of rotatable bonds is 3. The molecule has 0 aliphatic carbocycles. The minimum absolute atomic E-state index is 0.0571. The van der Waals surface area contributed by atoms with Crippen molar-refractivity contribution in [1.29, 1.82) is 0 Å². The van der Waals surface area contributed by atoms with Gasteiger partial charge in [-0.3, -0.25) is 4.79 Å². The van der Waals surface area contributed by atoms with Gasteiger partial charge in [-0.05, 0) is 29.3 Å². The Morgan fingerprint density at radius 3 is 2.76 bits per heavy atom. The van der Waals surface area contributed by atoms with Crippen LogP contribution in [-0.2, 0) is 4.79 Å². The summed E-state index contributed by atoms with van der Waals surface area (Å²) < 4.78 is 6.80. The Morgan fingerprint density at radius 1 is 1.28 bits per heavy atom. The molecule has 7 nitrogen and oxygen atoms in total. The number of amides is 1. The van der Waals surface area contributed by atoms with Crippen LogP contribution >= 0.6 is 0 Å². The van der Waals surface area contributed by atoms with Gasteiger partial charge in [-0.15, -0.1) is 0 Å². The summed E-state index contributed by atoms with van der Waals surface area (Å²) in [5, 5.41) is 17.1. The Balaban J connectivity index is 1.74. The van der Waals surface area contributed by atoms with Crippen molar-refractivity contribution in [2.24, 2.45) is 0 Å². The van der Waals surface area contributed by atoms with Crippen LogP contribution in [0.3, 0.4) is 0 Å². The van der Waals surface area contributed by atoms with Crippen LogP contribution in [0.25, 0.3) is 5.69 Å². The molecule has 2 aromatic carbocycles. The van der Waals surface area contributed by atoms with E-state index in [1.165, 1.54) is 13.4 Å². The number of hydrogen-bond donors (Lipinski definition) is 2. The van der Waals surface area contributed by atoms with Crippen molar-refractivity contribution < 1.29 is 14.6 Å². The molecule has 25 heavy (non-hydrogen) atoms. The Bertz CT molecular complexity index is 920. The van der Waals surface area contributed by atoms with Gasteiger partial charge in [0.25, 0.3) is 0 Å². The lowest BCUT2D eigenvalue weighted by atomic mass is 9.84. The van der Waals surface area contributed by atoms with E-state index in [0.29, 0.717) is 17.9 Å². The lowest BCUT2D eigenvalue weighted by Crippen LogP contribution is -2.23. The summed E-state index contributed by atoms with van der Waals surface area (Å²) in [6, 6.07) is 11.1. The van der Waals surface area contributed by atoms with Crippen molar-refractivity contribution in [3.63, 3.8) is 0 Å². The summed E-state index contributed by atoms with van der Waals surface area (Å²) in [6.45, 7) is 0. The van der Waals surface area contributed by atoms with Gasteiger partial charge in [0.1, 0.15) is 12.7 Å². The van der Waals surface area contributed by atoms with Crippen LogP contribution in [0.5, 0.6) is 11.5 Å². The first kappa shape index (κ1) is 15.2. The van der Waals surface area contributed by atoms with E-state index in [9.17, 15) is 9.90 Å². The molecule has 1 atom stereocenters. The van der Waals surface area contributed by atoms with Crippen LogP contribution in [0.4, 0.5) is 5.69 Å². The Kier molecular flexibility index (Phi) is 3.61. The number of aromatic hydroxyl groups is 1. The molecule has 126 valence electrons. The maximum atomic E-state index is 12.1. The van der Waals surface area contributed by atoms with Crippen molar-refractivity contribution in [1.82, 2.24) is 14.8 Å². The minimum Gasteiger partial charge on any atom is -0.504 e. The van der Waals surface area contributed by atoms with Gasteiger partial charge in [-0.25, -0.2) is 9.67 Å². The number of methoxy groups -OCH3 is 1. The summed E-state index contributed by atoms with van der Waals surface area (Å²) in [5.41, 5.74) is 3.41. The number of benzene rings is 2. The number of carbonyl (C=O) groups is 1. The molecule has 7 heteroatoms. The first-order valence-corrected chi connectivity index (χ1v) is 7.81. The van der Waals surface area contributed by atoms with Gasteiger partial charge in [0.05, 0.1) is 12.8 Å². The molecule has 0 saturated heterocycles. The minimum atomic E-state index is -0.134. The molecule has 1 amide bonds. The smallest absolute Gasteiger partial charge is 0.225 e. The molecule has 3 aromatic rings. The number of hydrogen-bond acceptors (Lipinski definition) is 5. The van der Waals surface area contributed by atoms with E-state index in [1.54, 1.807) is 23.1 Å². The molecular weight excluding hydrogens is 320 g/mol. The third-order valence-electron chi connectivity index (χ3n) is 4.37. The quantitative estimate of drug-likeness (QED) is 0.717. The van der Waals surface area contributed by atoms with Gasteiger partial charge in [0.2, 0.25) is 5.91 Å². The zero-order valence-electron chi connectivity index (χ0n) is 13.5. The summed E-state index contributed by atoms with van der Waals surface area (Å²) in [7, 11) is 1.48. The van der Waals surface area contributed by atoms with Gasteiger partial charge >= 0.3 is 0 Å². The normalized spacial score (nSPS) is 16.2. The summed E-state index contributed by atoms with van der Waals surface area (Å²) in [4.78, 5) is 16.0. The van der Waals surface area contributed by atoms with Gasteiger partial charge in [-0.2, -0.15) is 5.10 Å². The average molecular weight is 336 g/mol. The van der Waals surface area contributed by atoms with E-state index < -0.39 is 0 Å². The monoisotopic (exact) mass is 336 g/mol. The van der Waals surface area contributed by atoms with Crippen molar-refractivity contribution in [3.8, 4) is 17.2 Å². The van der Waals surface area contributed by atoms with Crippen molar-refractivity contribution in [2.75, 3.05) is 12.4 Å². The molecular formula is C18H16N4O3. The first-order valence-electron chi connectivity index (χ1n) is 7.81. The molecule has 1 unspecified atom stereocenters. The van der Waals surface area contributed by atoms with Gasteiger partial charge in [-0.1, -0.05) is 12.1 Å². The first-order chi connectivity index (χ1) is 12.2.